The monoisotopic (exact) mass is 219 g/mol. The molecule has 5 heteroatoms. The van der Waals surface area contributed by atoms with Crippen LogP contribution in [0, 0.1) is 5.82 Å². The molecule has 1 aromatic heterocycles. The van der Waals surface area contributed by atoms with Gasteiger partial charge in [0.05, 0.1) is 5.69 Å². The minimum absolute atomic E-state index is 0.229. The average molecular weight is 219 g/mol. The molecule has 2 aromatic rings. The van der Waals surface area contributed by atoms with Crippen LogP contribution >= 0.6 is 0 Å². The number of hydrogen-bond donors (Lipinski definition) is 0. The van der Waals surface area contributed by atoms with E-state index in [1.54, 1.807) is 16.8 Å². The molecule has 82 valence electrons. The summed E-state index contributed by atoms with van der Waals surface area (Å²) in [6.45, 7) is 2.46. The van der Waals surface area contributed by atoms with E-state index in [0.29, 0.717) is 24.1 Å². The molecular formula is C11H10FN3O. The molecule has 0 aliphatic rings. The Labute approximate surface area is 91.7 Å². The van der Waals surface area contributed by atoms with E-state index in [1.165, 1.54) is 12.1 Å². The number of aromatic nitrogens is 3. The van der Waals surface area contributed by atoms with Gasteiger partial charge in [0.2, 0.25) is 0 Å². The van der Waals surface area contributed by atoms with Crippen molar-refractivity contribution in [1.82, 2.24) is 15.0 Å². The Balaban J connectivity index is 2.61. The van der Waals surface area contributed by atoms with Crippen LogP contribution in [-0.2, 0) is 6.54 Å². The summed E-state index contributed by atoms with van der Waals surface area (Å²) < 4.78 is 14.7. The molecule has 0 radical (unpaired) electrons. The second-order valence-electron chi connectivity index (χ2n) is 3.27. The largest absolute Gasteiger partial charge is 0.296 e. The number of hydrogen-bond acceptors (Lipinski definition) is 3. The molecule has 16 heavy (non-hydrogen) atoms. The van der Waals surface area contributed by atoms with Crippen LogP contribution in [0.1, 0.15) is 17.4 Å². The first kappa shape index (κ1) is 10.5. The van der Waals surface area contributed by atoms with Crippen molar-refractivity contribution in [3.05, 3.63) is 35.8 Å². The van der Waals surface area contributed by atoms with Gasteiger partial charge in [-0.3, -0.25) is 4.79 Å². The van der Waals surface area contributed by atoms with Crippen molar-refractivity contribution in [3.8, 4) is 11.3 Å². The Kier molecular flexibility index (Phi) is 2.76. The smallest absolute Gasteiger partial charge is 0.172 e. The first-order chi connectivity index (χ1) is 7.76. The van der Waals surface area contributed by atoms with Gasteiger partial charge in [0.1, 0.15) is 5.82 Å². The van der Waals surface area contributed by atoms with Crippen LogP contribution in [0.2, 0.25) is 0 Å². The molecule has 0 spiro atoms. The number of aryl methyl sites for hydroxylation is 1. The lowest BCUT2D eigenvalue weighted by molar-refractivity contribution is 0.111. The number of halogens is 1. The van der Waals surface area contributed by atoms with Gasteiger partial charge in [-0.1, -0.05) is 17.3 Å². The van der Waals surface area contributed by atoms with Crippen molar-refractivity contribution < 1.29 is 9.18 Å². The summed E-state index contributed by atoms with van der Waals surface area (Å²) in [5.41, 5.74) is 1.39. The van der Waals surface area contributed by atoms with Gasteiger partial charge in [-0.05, 0) is 19.1 Å². The van der Waals surface area contributed by atoms with Crippen LogP contribution in [0.4, 0.5) is 4.39 Å². The quantitative estimate of drug-likeness (QED) is 0.741. The second-order valence-corrected chi connectivity index (χ2v) is 3.27. The van der Waals surface area contributed by atoms with Crippen LogP contribution in [0.25, 0.3) is 11.3 Å². The topological polar surface area (TPSA) is 47.8 Å². The standard InChI is InChI=1S/C11H10FN3O/c1-2-15-11(10(7-16)13-14-15)8-4-3-5-9(12)6-8/h3-7H,2H2,1H3. The molecule has 4 nitrogen and oxygen atoms in total. The van der Waals surface area contributed by atoms with Gasteiger partial charge in [-0.15, -0.1) is 5.10 Å². The molecule has 0 unspecified atom stereocenters. The van der Waals surface area contributed by atoms with Crippen molar-refractivity contribution in [2.24, 2.45) is 0 Å². The van der Waals surface area contributed by atoms with E-state index in [-0.39, 0.29) is 11.5 Å². The van der Waals surface area contributed by atoms with E-state index < -0.39 is 0 Å². The Morgan fingerprint density at radius 3 is 2.94 bits per heavy atom. The lowest BCUT2D eigenvalue weighted by atomic mass is 10.1. The highest BCUT2D eigenvalue weighted by molar-refractivity contribution is 5.83. The zero-order chi connectivity index (χ0) is 11.5. The average Bonchev–Trinajstić information content (AvgIpc) is 2.71. The Morgan fingerprint density at radius 1 is 1.50 bits per heavy atom. The Hall–Kier alpha value is -2.04. The highest BCUT2D eigenvalue weighted by atomic mass is 19.1. The predicted molar refractivity (Wildman–Crippen MR) is 56.5 cm³/mol. The molecule has 1 heterocycles. The summed E-state index contributed by atoms with van der Waals surface area (Å²) in [6, 6.07) is 6.02. The van der Waals surface area contributed by atoms with Crippen molar-refractivity contribution in [2.45, 2.75) is 13.5 Å². The van der Waals surface area contributed by atoms with E-state index in [9.17, 15) is 9.18 Å². The summed E-state index contributed by atoms with van der Waals surface area (Å²) in [4.78, 5) is 10.8. The summed E-state index contributed by atoms with van der Waals surface area (Å²) in [5.74, 6) is -0.349. The highest BCUT2D eigenvalue weighted by Crippen LogP contribution is 2.21. The van der Waals surface area contributed by atoms with Gasteiger partial charge in [0, 0.05) is 12.1 Å². The molecule has 0 fully saturated rings. The van der Waals surface area contributed by atoms with Crippen molar-refractivity contribution in [3.63, 3.8) is 0 Å². The minimum atomic E-state index is -0.349. The van der Waals surface area contributed by atoms with Gasteiger partial charge in [0.15, 0.2) is 12.0 Å². The SMILES string of the molecule is CCn1nnc(C=O)c1-c1cccc(F)c1. The van der Waals surface area contributed by atoms with Gasteiger partial charge in [0.25, 0.3) is 0 Å². The van der Waals surface area contributed by atoms with Crippen LogP contribution < -0.4 is 0 Å². The van der Waals surface area contributed by atoms with Crippen molar-refractivity contribution in [1.29, 1.82) is 0 Å². The molecule has 0 aliphatic carbocycles. The highest BCUT2D eigenvalue weighted by Gasteiger charge is 2.13. The summed E-state index contributed by atoms with van der Waals surface area (Å²) >= 11 is 0. The molecule has 0 amide bonds. The Bertz CT molecular complexity index is 522. The molecule has 0 saturated carbocycles. The zero-order valence-corrected chi connectivity index (χ0v) is 8.72. The number of carbonyl (C=O) groups is 1. The first-order valence-corrected chi connectivity index (χ1v) is 4.91. The predicted octanol–water partition coefficient (Wildman–Crippen LogP) is 1.92. The van der Waals surface area contributed by atoms with Crippen molar-refractivity contribution in [2.75, 3.05) is 0 Å². The summed E-state index contributed by atoms with van der Waals surface area (Å²) in [7, 11) is 0. The molecular weight excluding hydrogens is 209 g/mol. The maximum absolute atomic E-state index is 13.1. The van der Waals surface area contributed by atoms with Crippen LogP contribution in [0.15, 0.2) is 24.3 Å². The molecule has 0 atom stereocenters. The third-order valence-corrected chi connectivity index (χ3v) is 2.27. The number of carbonyl (C=O) groups excluding carboxylic acids is 1. The molecule has 0 aliphatic heterocycles. The Morgan fingerprint density at radius 2 is 2.31 bits per heavy atom. The second kappa shape index (κ2) is 4.22. The third-order valence-electron chi connectivity index (χ3n) is 2.27. The molecule has 0 saturated heterocycles. The van der Waals surface area contributed by atoms with Crippen LogP contribution in [0.3, 0.4) is 0 Å². The van der Waals surface area contributed by atoms with Crippen LogP contribution in [0.5, 0.6) is 0 Å². The summed E-state index contributed by atoms with van der Waals surface area (Å²) in [6.07, 6.45) is 0.624. The maximum Gasteiger partial charge on any atom is 0.172 e. The fraction of sp³-hybridized carbons (Fsp3) is 0.182. The van der Waals surface area contributed by atoms with Gasteiger partial charge in [-0.25, -0.2) is 9.07 Å². The summed E-state index contributed by atoms with van der Waals surface area (Å²) in [5, 5.41) is 7.56. The number of benzene rings is 1. The first-order valence-electron chi connectivity index (χ1n) is 4.91. The normalized spacial score (nSPS) is 10.4. The zero-order valence-electron chi connectivity index (χ0n) is 8.72. The number of rotatable bonds is 3. The van der Waals surface area contributed by atoms with E-state index in [2.05, 4.69) is 10.3 Å². The lowest BCUT2D eigenvalue weighted by Crippen LogP contribution is -2.00. The fourth-order valence-electron chi connectivity index (χ4n) is 1.56. The van der Waals surface area contributed by atoms with Crippen LogP contribution in [-0.4, -0.2) is 21.3 Å². The molecule has 2 rings (SSSR count). The third kappa shape index (κ3) is 1.71. The number of aldehydes is 1. The van der Waals surface area contributed by atoms with E-state index in [4.69, 9.17) is 0 Å². The molecule has 0 bridgehead atoms. The number of nitrogens with zero attached hydrogens (tertiary/aromatic N) is 3. The fourth-order valence-corrected chi connectivity index (χ4v) is 1.56. The van der Waals surface area contributed by atoms with E-state index in [1.807, 2.05) is 6.92 Å². The molecule has 0 N–H and O–H groups in total. The lowest BCUT2D eigenvalue weighted by Gasteiger charge is -2.03. The van der Waals surface area contributed by atoms with E-state index in [0.717, 1.165) is 0 Å². The molecule has 1 aromatic carbocycles. The maximum atomic E-state index is 13.1. The van der Waals surface area contributed by atoms with Gasteiger partial charge in [-0.2, -0.15) is 0 Å². The van der Waals surface area contributed by atoms with Gasteiger partial charge < -0.3 is 0 Å². The minimum Gasteiger partial charge on any atom is -0.296 e. The van der Waals surface area contributed by atoms with Crippen molar-refractivity contribution >= 4 is 6.29 Å². The van der Waals surface area contributed by atoms with E-state index >= 15 is 0 Å². The van der Waals surface area contributed by atoms with Gasteiger partial charge >= 0.3 is 0 Å².